The van der Waals surface area contributed by atoms with E-state index in [1.165, 1.54) is 0 Å². The van der Waals surface area contributed by atoms with Crippen LogP contribution in [-0.2, 0) is 6.42 Å². The first-order valence-electron chi connectivity index (χ1n) is 6.34. The van der Waals surface area contributed by atoms with Gasteiger partial charge in [0, 0.05) is 38.3 Å². The van der Waals surface area contributed by atoms with Crippen LogP contribution < -0.4 is 10.9 Å². The summed E-state index contributed by atoms with van der Waals surface area (Å²) >= 11 is 0. The monoisotopic (exact) mass is 261 g/mol. The molecule has 0 spiro atoms. The molecule has 2 aromatic heterocycles. The van der Waals surface area contributed by atoms with E-state index in [4.69, 9.17) is 4.52 Å². The molecule has 0 saturated heterocycles. The van der Waals surface area contributed by atoms with E-state index in [0.29, 0.717) is 36.5 Å². The second kappa shape index (κ2) is 4.83. The summed E-state index contributed by atoms with van der Waals surface area (Å²) in [6.07, 6.45) is 6.14. The third-order valence-corrected chi connectivity index (χ3v) is 3.02. The van der Waals surface area contributed by atoms with Gasteiger partial charge in [-0.15, -0.1) is 0 Å². The number of rotatable bonds is 5. The molecule has 0 bridgehead atoms. The quantitative estimate of drug-likeness (QED) is 0.861. The minimum absolute atomic E-state index is 0.0608. The van der Waals surface area contributed by atoms with E-state index in [2.05, 4.69) is 20.4 Å². The van der Waals surface area contributed by atoms with Gasteiger partial charge in [-0.3, -0.25) is 4.79 Å². The Hall–Kier alpha value is -2.18. The van der Waals surface area contributed by atoms with Gasteiger partial charge in [0.1, 0.15) is 0 Å². The van der Waals surface area contributed by atoms with E-state index in [-0.39, 0.29) is 5.56 Å². The fraction of sp³-hybridized carbons (Fsp3) is 0.500. The molecule has 1 saturated carbocycles. The minimum atomic E-state index is -0.0608. The predicted octanol–water partition coefficient (Wildman–Crippen LogP) is 0.924. The van der Waals surface area contributed by atoms with Crippen LogP contribution in [0.15, 0.2) is 21.7 Å². The van der Waals surface area contributed by atoms with E-state index in [1.807, 2.05) is 0 Å². The average Bonchev–Trinajstić information content (AvgIpc) is 3.15. The predicted molar refractivity (Wildman–Crippen MR) is 68.0 cm³/mol. The standard InChI is InChI=1S/C12H15N5O2/c1-8-15-10(16-19-8)4-5-13-11-12(18)17(7-6-14-11)9-2-3-9/h6-7,9H,2-5H2,1H3,(H,13,14). The molecule has 0 amide bonds. The lowest BCUT2D eigenvalue weighted by Crippen LogP contribution is -2.24. The maximum absolute atomic E-state index is 12.1. The van der Waals surface area contributed by atoms with Gasteiger partial charge in [-0.1, -0.05) is 5.16 Å². The van der Waals surface area contributed by atoms with Gasteiger partial charge in [-0.2, -0.15) is 4.98 Å². The largest absolute Gasteiger partial charge is 0.365 e. The van der Waals surface area contributed by atoms with Crippen molar-refractivity contribution in [2.75, 3.05) is 11.9 Å². The Kier molecular flexibility index (Phi) is 3.02. The Bertz CT molecular complexity index is 629. The van der Waals surface area contributed by atoms with Gasteiger partial charge in [0.25, 0.3) is 5.56 Å². The van der Waals surface area contributed by atoms with Gasteiger partial charge in [0.15, 0.2) is 11.6 Å². The van der Waals surface area contributed by atoms with Crippen molar-refractivity contribution in [2.45, 2.75) is 32.2 Å². The number of hydrogen-bond acceptors (Lipinski definition) is 6. The summed E-state index contributed by atoms with van der Waals surface area (Å²) in [4.78, 5) is 20.3. The molecule has 1 fully saturated rings. The van der Waals surface area contributed by atoms with Crippen LogP contribution >= 0.6 is 0 Å². The molecule has 2 aromatic rings. The highest BCUT2D eigenvalue weighted by atomic mass is 16.5. The lowest BCUT2D eigenvalue weighted by molar-refractivity contribution is 0.387. The molecule has 0 unspecified atom stereocenters. The number of nitrogens with one attached hydrogen (secondary N) is 1. The highest BCUT2D eigenvalue weighted by molar-refractivity contribution is 5.31. The van der Waals surface area contributed by atoms with Crippen molar-refractivity contribution in [3.63, 3.8) is 0 Å². The second-order valence-corrected chi connectivity index (χ2v) is 4.63. The van der Waals surface area contributed by atoms with Crippen LogP contribution in [0.3, 0.4) is 0 Å². The number of nitrogens with zero attached hydrogens (tertiary/aromatic N) is 4. The van der Waals surface area contributed by atoms with Crippen LogP contribution in [0.2, 0.25) is 0 Å². The van der Waals surface area contributed by atoms with E-state index in [0.717, 1.165) is 12.8 Å². The Morgan fingerprint density at radius 1 is 1.53 bits per heavy atom. The molecule has 1 N–H and O–H groups in total. The molecule has 0 aliphatic heterocycles. The van der Waals surface area contributed by atoms with Gasteiger partial charge in [0.2, 0.25) is 5.89 Å². The molecule has 19 heavy (non-hydrogen) atoms. The maximum Gasteiger partial charge on any atom is 0.293 e. The van der Waals surface area contributed by atoms with Crippen LogP contribution in [-0.4, -0.2) is 26.2 Å². The molecule has 0 atom stereocenters. The summed E-state index contributed by atoms with van der Waals surface area (Å²) in [5.41, 5.74) is -0.0608. The van der Waals surface area contributed by atoms with Gasteiger partial charge in [-0.25, -0.2) is 4.98 Å². The minimum Gasteiger partial charge on any atom is -0.365 e. The van der Waals surface area contributed by atoms with Gasteiger partial charge >= 0.3 is 0 Å². The molecule has 1 aliphatic rings. The first-order chi connectivity index (χ1) is 9.24. The van der Waals surface area contributed by atoms with Crippen molar-refractivity contribution < 1.29 is 4.52 Å². The number of aryl methyl sites for hydroxylation is 1. The number of hydrogen-bond donors (Lipinski definition) is 1. The molecule has 1 aliphatic carbocycles. The summed E-state index contributed by atoms with van der Waals surface area (Å²) in [6.45, 7) is 2.30. The lowest BCUT2D eigenvalue weighted by Gasteiger charge is -2.06. The maximum atomic E-state index is 12.1. The van der Waals surface area contributed by atoms with Gasteiger partial charge in [-0.05, 0) is 12.8 Å². The SMILES string of the molecule is Cc1nc(CCNc2nccn(C3CC3)c2=O)no1. The van der Waals surface area contributed by atoms with Crippen molar-refractivity contribution in [3.05, 3.63) is 34.5 Å². The van der Waals surface area contributed by atoms with Crippen LogP contribution in [0.1, 0.15) is 30.6 Å². The van der Waals surface area contributed by atoms with Crippen molar-refractivity contribution in [2.24, 2.45) is 0 Å². The molecule has 0 aromatic carbocycles. The Morgan fingerprint density at radius 3 is 3.05 bits per heavy atom. The Balaban J connectivity index is 1.63. The first kappa shape index (κ1) is 11.9. The van der Waals surface area contributed by atoms with Crippen molar-refractivity contribution in [1.29, 1.82) is 0 Å². The molecule has 7 heteroatoms. The third kappa shape index (κ3) is 2.64. The first-order valence-corrected chi connectivity index (χ1v) is 6.34. The van der Waals surface area contributed by atoms with Crippen LogP contribution in [0, 0.1) is 6.92 Å². The summed E-state index contributed by atoms with van der Waals surface area (Å²) in [7, 11) is 0. The highest BCUT2D eigenvalue weighted by Gasteiger charge is 2.25. The zero-order valence-corrected chi connectivity index (χ0v) is 10.7. The zero-order valence-electron chi connectivity index (χ0n) is 10.7. The molecular weight excluding hydrogens is 246 g/mol. The molecule has 7 nitrogen and oxygen atoms in total. The second-order valence-electron chi connectivity index (χ2n) is 4.63. The normalized spacial score (nSPS) is 14.6. The van der Waals surface area contributed by atoms with E-state index < -0.39 is 0 Å². The topological polar surface area (TPSA) is 85.8 Å². The van der Waals surface area contributed by atoms with E-state index >= 15 is 0 Å². The summed E-state index contributed by atoms with van der Waals surface area (Å²) < 4.78 is 6.62. The summed E-state index contributed by atoms with van der Waals surface area (Å²) in [5, 5.41) is 6.82. The molecule has 0 radical (unpaired) electrons. The average molecular weight is 261 g/mol. The van der Waals surface area contributed by atoms with E-state index in [1.54, 1.807) is 23.9 Å². The molecule has 100 valence electrons. The summed E-state index contributed by atoms with van der Waals surface area (Å²) in [5.74, 6) is 1.56. The van der Waals surface area contributed by atoms with Gasteiger partial charge in [0.05, 0.1) is 0 Å². The fourth-order valence-corrected chi connectivity index (χ4v) is 1.92. The van der Waals surface area contributed by atoms with Crippen molar-refractivity contribution in [1.82, 2.24) is 19.7 Å². The number of aromatic nitrogens is 4. The molecule has 3 rings (SSSR count). The molecular formula is C12H15N5O2. The van der Waals surface area contributed by atoms with Crippen LogP contribution in [0.4, 0.5) is 5.82 Å². The van der Waals surface area contributed by atoms with Crippen LogP contribution in [0.25, 0.3) is 0 Å². The van der Waals surface area contributed by atoms with Crippen LogP contribution in [0.5, 0.6) is 0 Å². The lowest BCUT2D eigenvalue weighted by atomic mass is 10.4. The Labute approximate surface area is 109 Å². The van der Waals surface area contributed by atoms with E-state index in [9.17, 15) is 4.79 Å². The highest BCUT2D eigenvalue weighted by Crippen LogP contribution is 2.33. The van der Waals surface area contributed by atoms with Gasteiger partial charge < -0.3 is 14.4 Å². The third-order valence-electron chi connectivity index (χ3n) is 3.02. The fourth-order valence-electron chi connectivity index (χ4n) is 1.92. The molecule has 2 heterocycles. The number of anilines is 1. The zero-order chi connectivity index (χ0) is 13.2. The smallest absolute Gasteiger partial charge is 0.293 e. The Morgan fingerprint density at radius 2 is 2.37 bits per heavy atom. The van der Waals surface area contributed by atoms with Crippen molar-refractivity contribution >= 4 is 5.82 Å². The summed E-state index contributed by atoms with van der Waals surface area (Å²) in [6, 6.07) is 0.357. The van der Waals surface area contributed by atoms with Crippen molar-refractivity contribution in [3.8, 4) is 0 Å².